The van der Waals surface area contributed by atoms with Crippen LogP contribution in [0, 0.1) is 6.92 Å². The predicted molar refractivity (Wildman–Crippen MR) is 144 cm³/mol. The maximum Gasteiger partial charge on any atom is 0.200 e. The number of piperazine rings is 1. The lowest BCUT2D eigenvalue weighted by molar-refractivity contribution is 0.121. The highest BCUT2D eigenvalue weighted by atomic mass is 35.5. The third-order valence-electron chi connectivity index (χ3n) is 6.30. The van der Waals surface area contributed by atoms with Crippen molar-refractivity contribution in [1.29, 1.82) is 0 Å². The van der Waals surface area contributed by atoms with E-state index >= 15 is 0 Å². The molecule has 192 valence electrons. The van der Waals surface area contributed by atoms with Gasteiger partial charge in [0.2, 0.25) is 5.43 Å². The number of likely N-dealkylation sites (N-methyl/N-ethyl adjacent to an activating group) is 1. The van der Waals surface area contributed by atoms with Gasteiger partial charge in [0.05, 0.1) is 25.2 Å². The van der Waals surface area contributed by atoms with Crippen molar-refractivity contribution in [2.75, 3.05) is 60.1 Å². The molecular weight excluding hydrogens is 491 g/mol. The number of ether oxygens (including phenoxy) is 3. The van der Waals surface area contributed by atoms with Crippen LogP contribution in [0.2, 0.25) is 0 Å². The normalized spacial score (nSPS) is 14.2. The molecule has 0 spiro atoms. The van der Waals surface area contributed by atoms with Gasteiger partial charge in [0.15, 0.2) is 11.5 Å². The van der Waals surface area contributed by atoms with Crippen molar-refractivity contribution >= 4 is 35.8 Å². The van der Waals surface area contributed by atoms with Gasteiger partial charge in [0.25, 0.3) is 0 Å². The molecule has 0 bridgehead atoms. The smallest absolute Gasteiger partial charge is 0.200 e. The Morgan fingerprint density at radius 2 is 1.60 bits per heavy atom. The van der Waals surface area contributed by atoms with Gasteiger partial charge in [-0.25, -0.2) is 0 Å². The number of aryl methyl sites for hydroxylation is 1. The van der Waals surface area contributed by atoms with Crippen LogP contribution >= 0.6 is 24.8 Å². The molecule has 0 aliphatic carbocycles. The summed E-state index contributed by atoms with van der Waals surface area (Å²) < 4.78 is 22.7. The summed E-state index contributed by atoms with van der Waals surface area (Å²) in [7, 11) is 3.16. The highest BCUT2D eigenvalue weighted by Crippen LogP contribution is 2.33. The molecule has 0 saturated carbocycles. The molecule has 0 atom stereocenters. The number of benzene rings is 2. The van der Waals surface area contributed by atoms with E-state index in [4.69, 9.17) is 18.6 Å². The summed E-state index contributed by atoms with van der Waals surface area (Å²) in [6.45, 7) is 11.0. The van der Waals surface area contributed by atoms with E-state index < -0.39 is 0 Å². The number of rotatable bonds is 8. The van der Waals surface area contributed by atoms with E-state index in [9.17, 15) is 4.79 Å². The number of fused-ring (bicyclic) bond motifs is 1. The van der Waals surface area contributed by atoms with E-state index in [1.807, 2.05) is 12.1 Å². The minimum absolute atomic E-state index is 0. The minimum atomic E-state index is -0.0821. The maximum atomic E-state index is 13.3. The second-order valence-corrected chi connectivity index (χ2v) is 8.21. The van der Waals surface area contributed by atoms with Gasteiger partial charge in [-0.2, -0.15) is 0 Å². The molecule has 0 unspecified atom stereocenters. The Kier molecular flexibility index (Phi) is 10.7. The fourth-order valence-electron chi connectivity index (χ4n) is 4.32. The number of nitrogens with zero attached hydrogens (tertiary/aromatic N) is 2. The third-order valence-corrected chi connectivity index (χ3v) is 6.30. The summed E-state index contributed by atoms with van der Waals surface area (Å²) in [5.74, 6) is 2.42. The van der Waals surface area contributed by atoms with Crippen LogP contribution in [0.1, 0.15) is 12.7 Å². The van der Waals surface area contributed by atoms with Crippen LogP contribution in [0.15, 0.2) is 45.6 Å². The van der Waals surface area contributed by atoms with E-state index in [1.54, 1.807) is 45.4 Å². The number of methoxy groups -OCH3 is 2. The van der Waals surface area contributed by atoms with Crippen LogP contribution < -0.4 is 19.6 Å². The average molecular weight is 525 g/mol. The van der Waals surface area contributed by atoms with E-state index in [2.05, 4.69) is 16.7 Å². The first-order valence-electron chi connectivity index (χ1n) is 11.4. The van der Waals surface area contributed by atoms with Gasteiger partial charge in [-0.05, 0) is 43.3 Å². The van der Waals surface area contributed by atoms with Crippen LogP contribution in [0.5, 0.6) is 17.2 Å². The topological polar surface area (TPSA) is 64.4 Å². The second kappa shape index (κ2) is 13.0. The molecule has 9 heteroatoms. The Bertz CT molecular complexity index is 1180. The molecule has 1 aliphatic heterocycles. The number of hydrogen-bond donors (Lipinski definition) is 0. The first-order chi connectivity index (χ1) is 16.0. The standard InChI is InChI=1S/C26H32N2O5.2ClH/c1-5-27-10-12-28(13-11-27)14-15-32-20-7-8-21-23(17-20)33-18(2)25(26(21)29)19-6-9-22(30-3)24(16-19)31-4;;/h6-9,16-17H,5,10-15H2,1-4H3;2*1H. The summed E-state index contributed by atoms with van der Waals surface area (Å²) in [4.78, 5) is 18.2. The van der Waals surface area contributed by atoms with E-state index in [1.165, 1.54) is 0 Å². The lowest BCUT2D eigenvalue weighted by Crippen LogP contribution is -2.47. The Morgan fingerprint density at radius 1 is 0.914 bits per heavy atom. The molecule has 0 radical (unpaired) electrons. The van der Waals surface area contributed by atoms with Gasteiger partial charge in [0, 0.05) is 38.8 Å². The molecule has 1 aromatic heterocycles. The molecule has 1 fully saturated rings. The Morgan fingerprint density at radius 3 is 2.26 bits per heavy atom. The largest absolute Gasteiger partial charge is 0.493 e. The Hall–Kier alpha value is -2.45. The molecule has 2 aromatic carbocycles. The van der Waals surface area contributed by atoms with Crippen LogP contribution in [0.3, 0.4) is 0 Å². The zero-order valence-corrected chi connectivity index (χ0v) is 22.3. The predicted octanol–water partition coefficient (Wildman–Crippen LogP) is 4.65. The fraction of sp³-hybridized carbons (Fsp3) is 0.423. The van der Waals surface area contributed by atoms with E-state index in [-0.39, 0.29) is 30.2 Å². The fourth-order valence-corrected chi connectivity index (χ4v) is 4.32. The summed E-state index contributed by atoms with van der Waals surface area (Å²) in [5, 5.41) is 0.522. The van der Waals surface area contributed by atoms with Crippen LogP contribution in [-0.2, 0) is 0 Å². The summed E-state index contributed by atoms with van der Waals surface area (Å²) in [5.41, 5.74) is 1.68. The van der Waals surface area contributed by atoms with Gasteiger partial charge in [-0.3, -0.25) is 9.69 Å². The van der Waals surface area contributed by atoms with Crippen LogP contribution in [0.25, 0.3) is 22.1 Å². The average Bonchev–Trinajstić information content (AvgIpc) is 2.84. The molecule has 0 amide bonds. The Balaban J connectivity index is 0.00000216. The molecule has 2 heterocycles. The molecule has 3 aromatic rings. The van der Waals surface area contributed by atoms with Crippen molar-refractivity contribution in [1.82, 2.24) is 9.80 Å². The van der Waals surface area contributed by atoms with Gasteiger partial charge in [0.1, 0.15) is 23.7 Å². The quantitative estimate of drug-likeness (QED) is 0.425. The molecule has 7 nitrogen and oxygen atoms in total. The van der Waals surface area contributed by atoms with Crippen molar-refractivity contribution in [2.24, 2.45) is 0 Å². The number of halogens is 2. The highest BCUT2D eigenvalue weighted by Gasteiger charge is 2.17. The first-order valence-corrected chi connectivity index (χ1v) is 11.4. The van der Waals surface area contributed by atoms with Gasteiger partial charge in [-0.1, -0.05) is 13.0 Å². The van der Waals surface area contributed by atoms with Crippen LogP contribution in [0.4, 0.5) is 0 Å². The molecule has 4 rings (SSSR count). The van der Waals surface area contributed by atoms with Crippen molar-refractivity contribution in [2.45, 2.75) is 13.8 Å². The monoisotopic (exact) mass is 524 g/mol. The van der Waals surface area contributed by atoms with Gasteiger partial charge < -0.3 is 23.5 Å². The minimum Gasteiger partial charge on any atom is -0.493 e. The van der Waals surface area contributed by atoms with E-state index in [0.717, 1.165) is 44.8 Å². The molecule has 0 N–H and O–H groups in total. The van der Waals surface area contributed by atoms with E-state index in [0.29, 0.717) is 46.1 Å². The maximum absolute atomic E-state index is 13.3. The molecule has 35 heavy (non-hydrogen) atoms. The second-order valence-electron chi connectivity index (χ2n) is 8.21. The first kappa shape index (κ1) is 28.8. The molecule has 1 aliphatic rings. The zero-order valence-electron chi connectivity index (χ0n) is 20.7. The Labute approximate surface area is 218 Å². The third kappa shape index (κ3) is 6.41. The van der Waals surface area contributed by atoms with Gasteiger partial charge in [-0.15, -0.1) is 24.8 Å². The summed E-state index contributed by atoms with van der Waals surface area (Å²) in [6, 6.07) is 10.8. The zero-order chi connectivity index (χ0) is 23.4. The van der Waals surface area contributed by atoms with Crippen molar-refractivity contribution in [3.63, 3.8) is 0 Å². The summed E-state index contributed by atoms with van der Waals surface area (Å²) in [6.07, 6.45) is 0. The molecule has 1 saturated heterocycles. The number of hydrogen-bond acceptors (Lipinski definition) is 7. The molecular formula is C26H34Cl2N2O5. The van der Waals surface area contributed by atoms with Crippen molar-refractivity contribution in [3.05, 3.63) is 52.4 Å². The van der Waals surface area contributed by atoms with Gasteiger partial charge >= 0.3 is 0 Å². The van der Waals surface area contributed by atoms with Crippen molar-refractivity contribution < 1.29 is 18.6 Å². The lowest BCUT2D eigenvalue weighted by atomic mass is 10.0. The van der Waals surface area contributed by atoms with Crippen LogP contribution in [-0.4, -0.2) is 69.9 Å². The summed E-state index contributed by atoms with van der Waals surface area (Å²) >= 11 is 0. The highest BCUT2D eigenvalue weighted by molar-refractivity contribution is 5.86. The SMILES string of the molecule is CCN1CCN(CCOc2ccc3c(=O)c(-c4ccc(OC)c(OC)c4)c(C)oc3c2)CC1.Cl.Cl. The lowest BCUT2D eigenvalue weighted by Gasteiger charge is -2.33. The van der Waals surface area contributed by atoms with Crippen molar-refractivity contribution in [3.8, 4) is 28.4 Å².